The third-order valence-electron chi connectivity index (χ3n) is 1.23. The van der Waals surface area contributed by atoms with Gasteiger partial charge in [-0.3, -0.25) is 0 Å². The van der Waals surface area contributed by atoms with Crippen LogP contribution in [0.1, 0.15) is 12.8 Å². The predicted molar refractivity (Wildman–Crippen MR) is 39.9 cm³/mol. The number of carboxylic acids is 1. The Hall–Kier alpha value is 0.0383. The Balaban J connectivity index is 0. The van der Waals surface area contributed by atoms with E-state index >= 15 is 0 Å². The maximum absolute atomic E-state index is 9.12. The average Bonchev–Trinajstić information content (AvgIpc) is 2.41. The van der Waals surface area contributed by atoms with Crippen LogP contribution in [0.5, 0.6) is 0 Å². The van der Waals surface area contributed by atoms with Crippen molar-refractivity contribution in [2.75, 3.05) is 13.2 Å². The molecule has 12 heavy (non-hydrogen) atoms. The Labute approximate surface area is 85.6 Å². The molecule has 76 valence electrons. The third kappa shape index (κ3) is 10.0. The number of rotatable bonds is 1. The molecule has 0 aromatic carbocycles. The number of hydrogen-bond acceptors (Lipinski definition) is 4. The van der Waals surface area contributed by atoms with Crippen LogP contribution >= 0.6 is 0 Å². The second kappa shape index (κ2) is 9.13. The molecule has 0 aliphatic carbocycles. The van der Waals surface area contributed by atoms with E-state index in [4.69, 9.17) is 20.7 Å². The van der Waals surface area contributed by atoms with E-state index in [1.54, 1.807) is 0 Å². The summed E-state index contributed by atoms with van der Waals surface area (Å²) in [5.74, 6) is -1.19. The number of aliphatic hydroxyl groups is 1. The van der Waals surface area contributed by atoms with Gasteiger partial charge in [-0.15, -0.1) is 0 Å². The second-order valence-electron chi connectivity index (χ2n) is 2.25. The molecule has 0 aromatic rings. The van der Waals surface area contributed by atoms with Gasteiger partial charge >= 0.3 is 5.97 Å². The van der Waals surface area contributed by atoms with Crippen molar-refractivity contribution in [3.8, 4) is 0 Å². The number of nitrogens with two attached hydrogens (primary N) is 1. The van der Waals surface area contributed by atoms with Crippen molar-refractivity contribution in [3.05, 3.63) is 0 Å². The van der Waals surface area contributed by atoms with Crippen LogP contribution in [-0.2, 0) is 25.9 Å². The van der Waals surface area contributed by atoms with Crippen LogP contribution < -0.4 is 11.1 Å². The summed E-state index contributed by atoms with van der Waals surface area (Å²) in [5.41, 5.74) is 5.42. The van der Waals surface area contributed by atoms with Gasteiger partial charge in [0.2, 0.25) is 0 Å². The molecule has 1 unspecified atom stereocenters. The number of nitrogens with one attached hydrogen (secondary N) is 1. The molecule has 0 radical (unpaired) electrons. The first-order chi connectivity index (χ1) is 5.16. The minimum Gasteiger partial charge on any atom is -0.480 e. The molecule has 1 heterocycles. The quantitative estimate of drug-likeness (QED) is 0.469. The van der Waals surface area contributed by atoms with Gasteiger partial charge in [-0.2, -0.15) is 0 Å². The number of carboxylic acid groups (broad SMARTS) is 1. The van der Waals surface area contributed by atoms with Gasteiger partial charge in [-0.25, -0.2) is 4.79 Å². The topological polar surface area (TPSA) is 95.6 Å². The molecular weight excluding hydrogens is 343 g/mol. The first-order valence-electron chi connectivity index (χ1n) is 3.48. The van der Waals surface area contributed by atoms with Crippen molar-refractivity contribution >= 4 is 5.97 Å². The molecule has 1 aliphatic heterocycles. The Bertz CT molecular complexity index is 117. The standard InChI is InChI=1S/C4H10N2.C2H4O3.Pt/c5-4-2-1-3-6-4;3-1-2(4)5;/h4,6H,1-3,5H2;3H,1H2,(H,4,5);. The Kier molecular flexibility index (Phi) is 11.1. The Morgan fingerprint density at radius 2 is 2.17 bits per heavy atom. The summed E-state index contributed by atoms with van der Waals surface area (Å²) in [6, 6.07) is 0. The molecule has 1 rings (SSSR count). The van der Waals surface area contributed by atoms with Crippen LogP contribution in [0, 0.1) is 0 Å². The maximum Gasteiger partial charge on any atom is 0.329 e. The van der Waals surface area contributed by atoms with E-state index in [1.165, 1.54) is 6.42 Å². The molecule has 6 heteroatoms. The number of hydrogen-bond donors (Lipinski definition) is 4. The van der Waals surface area contributed by atoms with E-state index in [0.717, 1.165) is 13.0 Å². The molecule has 1 aliphatic rings. The van der Waals surface area contributed by atoms with Crippen LogP contribution in [0.15, 0.2) is 0 Å². The Morgan fingerprint density at radius 1 is 1.67 bits per heavy atom. The zero-order valence-electron chi connectivity index (χ0n) is 6.60. The molecule has 0 aromatic heterocycles. The van der Waals surface area contributed by atoms with Gasteiger partial charge in [0.15, 0.2) is 0 Å². The molecule has 1 fully saturated rings. The molecule has 0 amide bonds. The summed E-state index contributed by atoms with van der Waals surface area (Å²) in [7, 11) is 0. The molecule has 0 saturated carbocycles. The normalized spacial score (nSPS) is 20.3. The minimum atomic E-state index is -1.19. The van der Waals surface area contributed by atoms with Gasteiger partial charge in [0.1, 0.15) is 6.61 Å². The van der Waals surface area contributed by atoms with Gasteiger partial charge < -0.3 is 21.3 Å². The van der Waals surface area contributed by atoms with Crippen LogP contribution in [0.4, 0.5) is 0 Å². The summed E-state index contributed by atoms with van der Waals surface area (Å²) in [6.45, 7) is 0.334. The Morgan fingerprint density at radius 3 is 2.25 bits per heavy atom. The second-order valence-corrected chi connectivity index (χ2v) is 2.25. The molecule has 0 spiro atoms. The van der Waals surface area contributed by atoms with E-state index in [0.29, 0.717) is 6.17 Å². The first kappa shape index (κ1) is 14.6. The number of carbonyl (C=O) groups is 1. The van der Waals surface area contributed by atoms with Gasteiger partial charge in [0.25, 0.3) is 0 Å². The number of aliphatic hydroxyl groups excluding tert-OH is 1. The van der Waals surface area contributed by atoms with Gasteiger partial charge in [0, 0.05) is 21.1 Å². The monoisotopic (exact) mass is 357 g/mol. The fourth-order valence-electron chi connectivity index (χ4n) is 0.711. The van der Waals surface area contributed by atoms with Crippen molar-refractivity contribution in [2.45, 2.75) is 19.0 Å². The predicted octanol–water partition coefficient (Wildman–Crippen LogP) is -1.28. The van der Waals surface area contributed by atoms with Crippen molar-refractivity contribution in [1.29, 1.82) is 0 Å². The summed E-state index contributed by atoms with van der Waals surface area (Å²) < 4.78 is 0. The van der Waals surface area contributed by atoms with Crippen LogP contribution in [-0.4, -0.2) is 35.5 Å². The third-order valence-corrected chi connectivity index (χ3v) is 1.23. The zero-order chi connectivity index (χ0) is 8.69. The fraction of sp³-hybridized carbons (Fsp3) is 0.833. The van der Waals surface area contributed by atoms with Crippen molar-refractivity contribution in [3.63, 3.8) is 0 Å². The molecule has 1 saturated heterocycles. The summed E-state index contributed by atoms with van der Waals surface area (Å²) in [5, 5.41) is 18.1. The summed E-state index contributed by atoms with van der Waals surface area (Å²) in [4.78, 5) is 9.12. The molecule has 5 N–H and O–H groups in total. The summed E-state index contributed by atoms with van der Waals surface area (Å²) >= 11 is 0. The van der Waals surface area contributed by atoms with E-state index in [1.807, 2.05) is 0 Å². The average molecular weight is 357 g/mol. The minimum absolute atomic E-state index is 0. The molecular formula is C6H14N2O3Pt. The van der Waals surface area contributed by atoms with Crippen LogP contribution in [0.25, 0.3) is 0 Å². The number of aliphatic carboxylic acids is 1. The largest absolute Gasteiger partial charge is 0.480 e. The smallest absolute Gasteiger partial charge is 0.329 e. The van der Waals surface area contributed by atoms with Crippen molar-refractivity contribution < 1.29 is 36.1 Å². The van der Waals surface area contributed by atoms with Gasteiger partial charge in [0.05, 0.1) is 6.17 Å². The molecule has 1 atom stereocenters. The van der Waals surface area contributed by atoms with Gasteiger partial charge in [-0.05, 0) is 19.4 Å². The van der Waals surface area contributed by atoms with E-state index < -0.39 is 12.6 Å². The SMILES string of the molecule is NC1CCCN1.O=C(O)CO.[Pt]. The van der Waals surface area contributed by atoms with Gasteiger partial charge in [-0.1, -0.05) is 0 Å². The van der Waals surface area contributed by atoms with E-state index in [9.17, 15) is 0 Å². The van der Waals surface area contributed by atoms with Crippen molar-refractivity contribution in [1.82, 2.24) is 5.32 Å². The van der Waals surface area contributed by atoms with Crippen molar-refractivity contribution in [2.24, 2.45) is 5.73 Å². The maximum atomic E-state index is 9.12. The van der Waals surface area contributed by atoms with Crippen LogP contribution in [0.3, 0.4) is 0 Å². The molecule has 5 nitrogen and oxygen atoms in total. The van der Waals surface area contributed by atoms with E-state index in [2.05, 4.69) is 5.32 Å². The van der Waals surface area contributed by atoms with E-state index in [-0.39, 0.29) is 21.1 Å². The summed E-state index contributed by atoms with van der Waals surface area (Å²) in [6.07, 6.45) is 2.70. The molecule has 0 bridgehead atoms. The van der Waals surface area contributed by atoms with Crippen LogP contribution in [0.2, 0.25) is 0 Å². The first-order valence-corrected chi connectivity index (χ1v) is 3.48. The fourth-order valence-corrected chi connectivity index (χ4v) is 0.711. The zero-order valence-corrected chi connectivity index (χ0v) is 8.87.